The van der Waals surface area contributed by atoms with Gasteiger partial charge in [0.25, 0.3) is 0 Å². The van der Waals surface area contributed by atoms with Crippen molar-refractivity contribution in [3.05, 3.63) is 28.8 Å². The average Bonchev–Trinajstić information content (AvgIpc) is 2.27. The number of ether oxygens (including phenoxy) is 1. The molecule has 0 heterocycles. The van der Waals surface area contributed by atoms with Crippen LogP contribution in [-0.2, 0) is 4.79 Å². The fraction of sp³-hybridized carbons (Fsp3) is 0.429. The summed E-state index contributed by atoms with van der Waals surface area (Å²) in [5.74, 6) is -0.441. The Labute approximate surface area is 117 Å². The Bertz CT molecular complexity index is 469. The summed E-state index contributed by atoms with van der Waals surface area (Å²) in [5, 5.41) is 8.85. The van der Waals surface area contributed by atoms with Gasteiger partial charge in [-0.3, -0.25) is 9.59 Å². The highest BCUT2D eigenvalue weighted by molar-refractivity contribution is 6.34. The summed E-state index contributed by atoms with van der Waals surface area (Å²) in [7, 11) is 0. The highest BCUT2D eigenvalue weighted by atomic mass is 35.5. The molecule has 0 atom stereocenters. The molecule has 1 rings (SSSR count). The number of carboxylic acid groups (broad SMARTS) is 1. The number of rotatable bonds is 7. The second-order valence-electron chi connectivity index (χ2n) is 4.48. The lowest BCUT2D eigenvalue weighted by Crippen LogP contribution is -2.06. The van der Waals surface area contributed by atoms with Gasteiger partial charge in [-0.2, -0.15) is 0 Å². The monoisotopic (exact) mass is 284 g/mol. The number of aliphatic carboxylic acids is 1. The van der Waals surface area contributed by atoms with Crippen LogP contribution in [0.2, 0.25) is 5.02 Å². The molecule has 1 aromatic rings. The van der Waals surface area contributed by atoms with E-state index in [-0.39, 0.29) is 24.7 Å². The number of carbonyl (C=O) groups excluding carboxylic acids is 1. The van der Waals surface area contributed by atoms with E-state index >= 15 is 0 Å². The predicted molar refractivity (Wildman–Crippen MR) is 73.0 cm³/mol. The third-order valence-electron chi connectivity index (χ3n) is 2.41. The van der Waals surface area contributed by atoms with Crippen LogP contribution in [-0.4, -0.2) is 23.0 Å². The van der Waals surface area contributed by atoms with Crippen LogP contribution in [0.5, 0.6) is 5.75 Å². The lowest BCUT2D eigenvalue weighted by Gasteiger charge is -2.11. The second kappa shape index (κ2) is 7.14. The summed E-state index contributed by atoms with van der Waals surface area (Å²) < 4.78 is 5.47. The molecule has 0 aliphatic carbocycles. The van der Waals surface area contributed by atoms with E-state index in [0.717, 1.165) is 0 Å². The zero-order valence-electron chi connectivity index (χ0n) is 11.0. The number of Topliss-reactive ketones (excluding diaryl/α,β-unsaturated/α-hetero) is 1. The Morgan fingerprint density at radius 3 is 2.53 bits per heavy atom. The lowest BCUT2D eigenvalue weighted by atomic mass is 10.1. The maximum absolute atomic E-state index is 11.9. The Hall–Kier alpha value is -1.55. The molecule has 0 radical (unpaired) electrons. The highest BCUT2D eigenvalue weighted by Crippen LogP contribution is 2.24. The first-order valence-corrected chi connectivity index (χ1v) is 6.49. The number of ketones is 1. The van der Waals surface area contributed by atoms with Crippen LogP contribution in [0, 0.1) is 0 Å². The van der Waals surface area contributed by atoms with Crippen LogP contribution in [0.1, 0.15) is 43.5 Å². The SMILES string of the molecule is CC(C)Oc1ccc(C(=O)CCCC(=O)O)c(Cl)c1. The van der Waals surface area contributed by atoms with Gasteiger partial charge in [0, 0.05) is 18.4 Å². The van der Waals surface area contributed by atoms with Crippen molar-refractivity contribution < 1.29 is 19.4 Å². The summed E-state index contributed by atoms with van der Waals surface area (Å²) in [6, 6.07) is 4.91. The molecule has 0 unspecified atom stereocenters. The number of carbonyl (C=O) groups is 2. The van der Waals surface area contributed by atoms with Crippen molar-refractivity contribution in [2.45, 2.75) is 39.2 Å². The first-order valence-electron chi connectivity index (χ1n) is 6.11. The zero-order valence-corrected chi connectivity index (χ0v) is 11.7. The van der Waals surface area contributed by atoms with E-state index in [1.807, 2.05) is 13.8 Å². The van der Waals surface area contributed by atoms with Crippen LogP contribution in [0.15, 0.2) is 18.2 Å². The van der Waals surface area contributed by atoms with Crippen molar-refractivity contribution >= 4 is 23.4 Å². The van der Waals surface area contributed by atoms with Crippen molar-refractivity contribution in [3.8, 4) is 5.75 Å². The third-order valence-corrected chi connectivity index (χ3v) is 2.72. The van der Waals surface area contributed by atoms with E-state index < -0.39 is 5.97 Å². The maximum atomic E-state index is 11.9. The Morgan fingerprint density at radius 1 is 1.32 bits per heavy atom. The smallest absolute Gasteiger partial charge is 0.303 e. The topological polar surface area (TPSA) is 63.6 Å². The largest absolute Gasteiger partial charge is 0.491 e. The summed E-state index contributed by atoms with van der Waals surface area (Å²) >= 11 is 6.03. The number of carboxylic acids is 1. The summed E-state index contributed by atoms with van der Waals surface area (Å²) in [5.41, 5.74) is 0.406. The van der Waals surface area contributed by atoms with Crippen molar-refractivity contribution in [1.29, 1.82) is 0 Å². The molecule has 4 nitrogen and oxygen atoms in total. The minimum absolute atomic E-state index is 0.0160. The number of hydrogen-bond acceptors (Lipinski definition) is 3. The molecular weight excluding hydrogens is 268 g/mol. The first-order chi connectivity index (χ1) is 8.90. The molecule has 1 aromatic carbocycles. The lowest BCUT2D eigenvalue weighted by molar-refractivity contribution is -0.137. The molecule has 0 aliphatic rings. The molecule has 104 valence electrons. The van der Waals surface area contributed by atoms with E-state index in [0.29, 0.717) is 22.8 Å². The van der Waals surface area contributed by atoms with E-state index in [9.17, 15) is 9.59 Å². The molecular formula is C14H17ClO4. The molecule has 1 N–H and O–H groups in total. The number of halogens is 1. The van der Waals surface area contributed by atoms with Crippen LogP contribution < -0.4 is 4.74 Å². The standard InChI is InChI=1S/C14H17ClO4/c1-9(2)19-10-6-7-11(12(15)8-10)13(16)4-3-5-14(17)18/h6-9H,3-5H2,1-2H3,(H,17,18). The molecule has 0 fully saturated rings. The summed E-state index contributed by atoms with van der Waals surface area (Å²) in [4.78, 5) is 22.2. The van der Waals surface area contributed by atoms with Gasteiger partial charge in [0.05, 0.1) is 11.1 Å². The van der Waals surface area contributed by atoms with Crippen LogP contribution >= 0.6 is 11.6 Å². The molecule has 5 heteroatoms. The van der Waals surface area contributed by atoms with Gasteiger partial charge in [0.15, 0.2) is 5.78 Å². The molecule has 0 saturated heterocycles. The minimum atomic E-state index is -0.903. The van der Waals surface area contributed by atoms with Gasteiger partial charge in [-0.1, -0.05) is 11.6 Å². The van der Waals surface area contributed by atoms with Gasteiger partial charge in [-0.15, -0.1) is 0 Å². The van der Waals surface area contributed by atoms with Crippen molar-refractivity contribution in [2.75, 3.05) is 0 Å². The van der Waals surface area contributed by atoms with Crippen LogP contribution in [0.25, 0.3) is 0 Å². The molecule has 19 heavy (non-hydrogen) atoms. The molecule has 0 saturated carbocycles. The van der Waals surface area contributed by atoms with Crippen LogP contribution in [0.4, 0.5) is 0 Å². The van der Waals surface area contributed by atoms with Gasteiger partial charge < -0.3 is 9.84 Å². The van der Waals surface area contributed by atoms with Gasteiger partial charge >= 0.3 is 5.97 Å². The van der Waals surface area contributed by atoms with Gasteiger partial charge in [-0.25, -0.2) is 0 Å². The number of benzene rings is 1. The highest BCUT2D eigenvalue weighted by Gasteiger charge is 2.12. The van der Waals surface area contributed by atoms with Crippen molar-refractivity contribution in [2.24, 2.45) is 0 Å². The molecule has 0 aliphatic heterocycles. The molecule has 0 spiro atoms. The van der Waals surface area contributed by atoms with Crippen molar-refractivity contribution in [3.63, 3.8) is 0 Å². The molecule has 0 aromatic heterocycles. The van der Waals surface area contributed by atoms with Crippen LogP contribution in [0.3, 0.4) is 0 Å². The Morgan fingerprint density at radius 2 is 2.00 bits per heavy atom. The number of hydrogen-bond donors (Lipinski definition) is 1. The van der Waals surface area contributed by atoms with Gasteiger partial charge in [0.2, 0.25) is 0 Å². The molecule has 0 bridgehead atoms. The average molecular weight is 285 g/mol. The Balaban J connectivity index is 2.67. The maximum Gasteiger partial charge on any atom is 0.303 e. The summed E-state index contributed by atoms with van der Waals surface area (Å²) in [6.07, 6.45) is 0.511. The fourth-order valence-corrected chi connectivity index (χ4v) is 1.88. The van der Waals surface area contributed by atoms with Gasteiger partial charge in [-0.05, 0) is 38.5 Å². The zero-order chi connectivity index (χ0) is 14.4. The third kappa shape index (κ3) is 5.30. The van der Waals surface area contributed by atoms with E-state index in [4.69, 9.17) is 21.4 Å². The summed E-state index contributed by atoms with van der Waals surface area (Å²) in [6.45, 7) is 3.80. The second-order valence-corrected chi connectivity index (χ2v) is 4.89. The molecule has 0 amide bonds. The Kier molecular flexibility index (Phi) is 5.83. The predicted octanol–water partition coefficient (Wildman–Crippen LogP) is 3.56. The van der Waals surface area contributed by atoms with Gasteiger partial charge in [0.1, 0.15) is 5.75 Å². The minimum Gasteiger partial charge on any atom is -0.491 e. The van der Waals surface area contributed by atoms with E-state index in [2.05, 4.69) is 0 Å². The first kappa shape index (κ1) is 15.5. The fourth-order valence-electron chi connectivity index (χ4n) is 1.60. The van der Waals surface area contributed by atoms with E-state index in [1.54, 1.807) is 18.2 Å². The van der Waals surface area contributed by atoms with Crippen molar-refractivity contribution in [1.82, 2.24) is 0 Å². The van der Waals surface area contributed by atoms with E-state index in [1.165, 1.54) is 0 Å². The quantitative estimate of drug-likeness (QED) is 0.778. The normalized spacial score (nSPS) is 10.5.